The number of benzene rings is 1. The lowest BCUT2D eigenvalue weighted by molar-refractivity contribution is 0.940. The third kappa shape index (κ3) is 2.60. The standard InChI is InChI=1S/C14H11BrClN3/c15-14-12-3-1-2-8-19(12)13(18-14)9-17-11-6-4-10(16)5-7-11/h1-8,17H,9H2. The maximum absolute atomic E-state index is 5.86. The van der Waals surface area contributed by atoms with E-state index >= 15 is 0 Å². The Hall–Kier alpha value is -1.52. The van der Waals surface area contributed by atoms with Gasteiger partial charge in [0.05, 0.1) is 12.1 Å². The van der Waals surface area contributed by atoms with Gasteiger partial charge in [0.2, 0.25) is 0 Å². The molecule has 0 amide bonds. The molecule has 0 unspecified atom stereocenters. The fourth-order valence-electron chi connectivity index (χ4n) is 1.93. The molecule has 1 N–H and O–H groups in total. The highest BCUT2D eigenvalue weighted by molar-refractivity contribution is 9.10. The van der Waals surface area contributed by atoms with Crippen molar-refractivity contribution in [3.8, 4) is 0 Å². The molecule has 2 aromatic heterocycles. The Labute approximate surface area is 124 Å². The van der Waals surface area contributed by atoms with Crippen LogP contribution >= 0.6 is 27.5 Å². The lowest BCUT2D eigenvalue weighted by Crippen LogP contribution is -2.03. The lowest BCUT2D eigenvalue weighted by atomic mass is 10.3. The molecule has 0 aliphatic carbocycles. The second kappa shape index (κ2) is 5.23. The number of anilines is 1. The summed E-state index contributed by atoms with van der Waals surface area (Å²) >= 11 is 9.34. The smallest absolute Gasteiger partial charge is 0.134 e. The summed E-state index contributed by atoms with van der Waals surface area (Å²) in [5, 5.41) is 4.07. The molecule has 2 heterocycles. The summed E-state index contributed by atoms with van der Waals surface area (Å²) < 4.78 is 2.92. The molecule has 0 radical (unpaired) electrons. The molecule has 19 heavy (non-hydrogen) atoms. The van der Waals surface area contributed by atoms with Gasteiger partial charge in [-0.25, -0.2) is 4.98 Å². The van der Waals surface area contributed by atoms with Crippen LogP contribution in [0.25, 0.3) is 5.52 Å². The average Bonchev–Trinajstić information content (AvgIpc) is 2.76. The van der Waals surface area contributed by atoms with E-state index in [4.69, 9.17) is 11.6 Å². The molecule has 3 aromatic rings. The Bertz CT molecular complexity index is 706. The van der Waals surface area contributed by atoms with E-state index < -0.39 is 0 Å². The number of hydrogen-bond donors (Lipinski definition) is 1. The van der Waals surface area contributed by atoms with Crippen LogP contribution in [0.5, 0.6) is 0 Å². The fraction of sp³-hybridized carbons (Fsp3) is 0.0714. The molecule has 96 valence electrons. The predicted molar refractivity (Wildman–Crippen MR) is 81.7 cm³/mol. The van der Waals surface area contributed by atoms with E-state index in [-0.39, 0.29) is 0 Å². The highest BCUT2D eigenvalue weighted by atomic mass is 79.9. The first-order valence-corrected chi connectivity index (χ1v) is 7.02. The SMILES string of the molecule is Clc1ccc(NCc2nc(Br)c3ccccn23)cc1. The van der Waals surface area contributed by atoms with Gasteiger partial charge in [-0.2, -0.15) is 0 Å². The highest BCUT2D eigenvalue weighted by Gasteiger charge is 2.07. The van der Waals surface area contributed by atoms with Crippen LogP contribution < -0.4 is 5.32 Å². The Morgan fingerprint density at radius 3 is 2.74 bits per heavy atom. The molecule has 0 saturated carbocycles. The average molecular weight is 337 g/mol. The molecule has 0 aliphatic rings. The number of halogens is 2. The predicted octanol–water partition coefficient (Wildman–Crippen LogP) is 4.36. The van der Waals surface area contributed by atoms with E-state index in [2.05, 4.69) is 30.6 Å². The normalized spacial score (nSPS) is 10.8. The van der Waals surface area contributed by atoms with Crippen molar-refractivity contribution in [2.75, 3.05) is 5.32 Å². The van der Waals surface area contributed by atoms with Crippen molar-refractivity contribution in [1.29, 1.82) is 0 Å². The summed E-state index contributed by atoms with van der Waals surface area (Å²) in [5.41, 5.74) is 2.09. The zero-order chi connectivity index (χ0) is 13.2. The first kappa shape index (κ1) is 12.5. The maximum atomic E-state index is 5.86. The molecule has 1 aromatic carbocycles. The monoisotopic (exact) mass is 335 g/mol. The topological polar surface area (TPSA) is 29.3 Å². The summed E-state index contributed by atoms with van der Waals surface area (Å²) in [4.78, 5) is 4.51. The molecule has 0 fully saturated rings. The third-order valence-electron chi connectivity index (χ3n) is 2.87. The molecule has 0 saturated heterocycles. The molecule has 0 aliphatic heterocycles. The molecule has 3 nitrogen and oxygen atoms in total. The first-order valence-electron chi connectivity index (χ1n) is 5.85. The first-order chi connectivity index (χ1) is 9.24. The summed E-state index contributed by atoms with van der Waals surface area (Å²) in [6.45, 7) is 0.651. The lowest BCUT2D eigenvalue weighted by Gasteiger charge is -2.05. The number of imidazole rings is 1. The molecular formula is C14H11BrClN3. The largest absolute Gasteiger partial charge is 0.378 e. The summed E-state index contributed by atoms with van der Waals surface area (Å²) in [7, 11) is 0. The van der Waals surface area contributed by atoms with E-state index in [9.17, 15) is 0 Å². The second-order valence-corrected chi connectivity index (χ2v) is 5.32. The van der Waals surface area contributed by atoms with Crippen LogP contribution in [-0.2, 0) is 6.54 Å². The van der Waals surface area contributed by atoms with Crippen molar-refractivity contribution in [3.63, 3.8) is 0 Å². The number of fused-ring (bicyclic) bond motifs is 1. The zero-order valence-electron chi connectivity index (χ0n) is 9.98. The van der Waals surface area contributed by atoms with Crippen molar-refractivity contribution in [1.82, 2.24) is 9.38 Å². The quantitative estimate of drug-likeness (QED) is 0.770. The Morgan fingerprint density at radius 1 is 1.16 bits per heavy atom. The number of rotatable bonds is 3. The van der Waals surface area contributed by atoms with Crippen LogP contribution in [0.15, 0.2) is 53.3 Å². The van der Waals surface area contributed by atoms with E-state index in [0.29, 0.717) is 6.54 Å². The van der Waals surface area contributed by atoms with Crippen LogP contribution in [-0.4, -0.2) is 9.38 Å². The van der Waals surface area contributed by atoms with Gasteiger partial charge in [-0.1, -0.05) is 17.7 Å². The molecular weight excluding hydrogens is 326 g/mol. The van der Waals surface area contributed by atoms with Crippen LogP contribution in [0.3, 0.4) is 0 Å². The summed E-state index contributed by atoms with van der Waals surface area (Å²) in [6, 6.07) is 13.7. The minimum absolute atomic E-state index is 0.651. The fourth-order valence-corrected chi connectivity index (χ4v) is 2.59. The molecule has 0 bridgehead atoms. The van der Waals surface area contributed by atoms with Gasteiger partial charge in [-0.05, 0) is 52.3 Å². The van der Waals surface area contributed by atoms with E-state index in [0.717, 1.165) is 26.7 Å². The van der Waals surface area contributed by atoms with Crippen LogP contribution in [0, 0.1) is 0 Å². The molecule has 3 rings (SSSR count). The van der Waals surface area contributed by atoms with Crippen LogP contribution in [0.4, 0.5) is 5.69 Å². The highest BCUT2D eigenvalue weighted by Crippen LogP contribution is 2.20. The minimum atomic E-state index is 0.651. The van der Waals surface area contributed by atoms with Gasteiger partial charge in [-0.15, -0.1) is 0 Å². The Morgan fingerprint density at radius 2 is 1.95 bits per heavy atom. The maximum Gasteiger partial charge on any atom is 0.134 e. The molecule has 0 spiro atoms. The van der Waals surface area contributed by atoms with Crippen molar-refractivity contribution >= 4 is 38.7 Å². The van der Waals surface area contributed by atoms with E-state index in [1.165, 1.54) is 0 Å². The van der Waals surface area contributed by atoms with Gasteiger partial charge < -0.3 is 9.72 Å². The Balaban J connectivity index is 1.84. The molecule has 0 atom stereocenters. The van der Waals surface area contributed by atoms with Crippen molar-refractivity contribution in [2.24, 2.45) is 0 Å². The van der Waals surface area contributed by atoms with Crippen molar-refractivity contribution < 1.29 is 0 Å². The van der Waals surface area contributed by atoms with Gasteiger partial charge in [0.1, 0.15) is 10.4 Å². The zero-order valence-corrected chi connectivity index (χ0v) is 12.3. The van der Waals surface area contributed by atoms with Gasteiger partial charge >= 0.3 is 0 Å². The van der Waals surface area contributed by atoms with Crippen molar-refractivity contribution in [2.45, 2.75) is 6.54 Å². The van der Waals surface area contributed by atoms with Gasteiger partial charge in [-0.3, -0.25) is 0 Å². The van der Waals surface area contributed by atoms with Crippen LogP contribution in [0.2, 0.25) is 5.02 Å². The van der Waals surface area contributed by atoms with E-state index in [1.807, 2.05) is 48.7 Å². The van der Waals surface area contributed by atoms with Gasteiger partial charge in [0.25, 0.3) is 0 Å². The minimum Gasteiger partial charge on any atom is -0.378 e. The number of aromatic nitrogens is 2. The van der Waals surface area contributed by atoms with Gasteiger partial charge in [0.15, 0.2) is 0 Å². The van der Waals surface area contributed by atoms with Crippen LogP contribution in [0.1, 0.15) is 5.82 Å². The number of hydrogen-bond acceptors (Lipinski definition) is 2. The van der Waals surface area contributed by atoms with E-state index in [1.54, 1.807) is 0 Å². The number of pyridine rings is 1. The summed E-state index contributed by atoms with van der Waals surface area (Å²) in [5.74, 6) is 0.956. The Kier molecular flexibility index (Phi) is 3.44. The summed E-state index contributed by atoms with van der Waals surface area (Å²) in [6.07, 6.45) is 2.01. The number of nitrogens with zero attached hydrogens (tertiary/aromatic N) is 2. The van der Waals surface area contributed by atoms with Crippen molar-refractivity contribution in [3.05, 3.63) is 64.1 Å². The third-order valence-corrected chi connectivity index (χ3v) is 3.71. The molecule has 5 heteroatoms. The van der Waals surface area contributed by atoms with Gasteiger partial charge in [0, 0.05) is 16.9 Å². The second-order valence-electron chi connectivity index (χ2n) is 4.14. The number of nitrogens with one attached hydrogen (secondary N) is 1.